The Morgan fingerprint density at radius 3 is 2.27 bits per heavy atom. The number of amides is 2. The SMILES string of the molecule is O=C(NC1CCCC1)[C@H](Cc1ccccc1)N(Cc1ccc(Cl)c(Cl)c1)C(=O)COc1ccc(Cl)cc1. The van der Waals surface area contributed by atoms with Gasteiger partial charge in [-0.15, -0.1) is 0 Å². The minimum absolute atomic E-state index is 0.123. The highest BCUT2D eigenvalue weighted by atomic mass is 35.5. The molecule has 2 amide bonds. The van der Waals surface area contributed by atoms with Gasteiger partial charge < -0.3 is 15.0 Å². The zero-order valence-corrected chi connectivity index (χ0v) is 22.6. The van der Waals surface area contributed by atoms with E-state index >= 15 is 0 Å². The Bertz CT molecular complexity index is 1200. The van der Waals surface area contributed by atoms with E-state index in [-0.39, 0.29) is 31.0 Å². The van der Waals surface area contributed by atoms with Gasteiger partial charge in [-0.25, -0.2) is 0 Å². The molecular weight excluding hydrogens is 531 g/mol. The summed E-state index contributed by atoms with van der Waals surface area (Å²) in [5.41, 5.74) is 1.72. The van der Waals surface area contributed by atoms with Crippen molar-refractivity contribution >= 4 is 46.6 Å². The lowest BCUT2D eigenvalue weighted by Gasteiger charge is -2.32. The van der Waals surface area contributed by atoms with Crippen LogP contribution in [-0.2, 0) is 22.6 Å². The third kappa shape index (κ3) is 7.88. The number of halogens is 3. The molecule has 8 heteroatoms. The molecule has 3 aromatic carbocycles. The van der Waals surface area contributed by atoms with Crippen LogP contribution in [0.1, 0.15) is 36.8 Å². The molecule has 4 rings (SSSR count). The minimum atomic E-state index is -0.737. The summed E-state index contributed by atoms with van der Waals surface area (Å²) in [6.45, 7) is -0.0553. The van der Waals surface area contributed by atoms with Gasteiger partial charge in [0, 0.05) is 24.0 Å². The normalized spacial score (nSPS) is 14.2. The highest BCUT2D eigenvalue weighted by molar-refractivity contribution is 6.42. The number of ether oxygens (including phenoxy) is 1. The van der Waals surface area contributed by atoms with Crippen LogP contribution in [0.4, 0.5) is 0 Å². The molecular formula is C29H29Cl3N2O3. The summed E-state index contributed by atoms with van der Waals surface area (Å²) in [4.78, 5) is 28.9. The molecule has 1 saturated carbocycles. The molecule has 194 valence electrons. The number of benzene rings is 3. The van der Waals surface area contributed by atoms with Crippen LogP contribution in [0.2, 0.25) is 15.1 Å². The van der Waals surface area contributed by atoms with Gasteiger partial charge >= 0.3 is 0 Å². The fourth-order valence-electron chi connectivity index (χ4n) is 4.51. The number of nitrogens with one attached hydrogen (secondary N) is 1. The van der Waals surface area contributed by atoms with Crippen LogP contribution >= 0.6 is 34.8 Å². The van der Waals surface area contributed by atoms with E-state index in [4.69, 9.17) is 39.5 Å². The lowest BCUT2D eigenvalue weighted by molar-refractivity contribution is -0.143. The molecule has 0 heterocycles. The summed E-state index contributed by atoms with van der Waals surface area (Å²) < 4.78 is 5.77. The largest absolute Gasteiger partial charge is 0.484 e. The van der Waals surface area contributed by atoms with Gasteiger partial charge in [0.25, 0.3) is 5.91 Å². The van der Waals surface area contributed by atoms with Crippen molar-refractivity contribution in [3.63, 3.8) is 0 Å². The molecule has 1 aliphatic carbocycles. The average Bonchev–Trinajstić information content (AvgIpc) is 3.41. The minimum Gasteiger partial charge on any atom is -0.484 e. The van der Waals surface area contributed by atoms with Crippen molar-refractivity contribution in [2.45, 2.75) is 50.7 Å². The van der Waals surface area contributed by atoms with Crippen LogP contribution < -0.4 is 10.1 Å². The van der Waals surface area contributed by atoms with Crippen molar-refractivity contribution in [1.29, 1.82) is 0 Å². The highest BCUT2D eigenvalue weighted by Gasteiger charge is 2.32. The maximum absolute atomic E-state index is 13.7. The number of rotatable bonds is 10. The van der Waals surface area contributed by atoms with Gasteiger partial charge in [0.1, 0.15) is 11.8 Å². The Kier molecular flexibility index (Phi) is 9.73. The molecule has 0 radical (unpaired) electrons. The monoisotopic (exact) mass is 558 g/mol. The Balaban J connectivity index is 1.62. The van der Waals surface area contributed by atoms with Crippen molar-refractivity contribution in [2.24, 2.45) is 0 Å². The number of carbonyl (C=O) groups excluding carboxylic acids is 2. The highest BCUT2D eigenvalue weighted by Crippen LogP contribution is 2.25. The fourth-order valence-corrected chi connectivity index (χ4v) is 4.96. The van der Waals surface area contributed by atoms with Crippen LogP contribution in [0.15, 0.2) is 72.8 Å². The van der Waals surface area contributed by atoms with Gasteiger partial charge in [-0.2, -0.15) is 0 Å². The number of carbonyl (C=O) groups is 2. The summed E-state index contributed by atoms with van der Waals surface area (Å²) in [6, 6.07) is 21.1. The van der Waals surface area contributed by atoms with E-state index in [9.17, 15) is 9.59 Å². The molecule has 1 atom stereocenters. The van der Waals surface area contributed by atoms with Crippen molar-refractivity contribution in [1.82, 2.24) is 10.2 Å². The van der Waals surface area contributed by atoms with Gasteiger partial charge in [-0.05, 0) is 60.4 Å². The van der Waals surface area contributed by atoms with Crippen LogP contribution in [0.25, 0.3) is 0 Å². The van der Waals surface area contributed by atoms with Crippen LogP contribution in [0.3, 0.4) is 0 Å². The summed E-state index contributed by atoms with van der Waals surface area (Å²) in [5.74, 6) is 0.0291. The second-order valence-electron chi connectivity index (χ2n) is 9.21. The molecule has 1 fully saturated rings. The van der Waals surface area contributed by atoms with Gasteiger partial charge in [0.2, 0.25) is 5.91 Å². The van der Waals surface area contributed by atoms with Gasteiger partial charge in [-0.1, -0.05) is 84.0 Å². The van der Waals surface area contributed by atoms with E-state index in [0.29, 0.717) is 27.2 Å². The molecule has 0 unspecified atom stereocenters. The first-order valence-electron chi connectivity index (χ1n) is 12.3. The predicted octanol–water partition coefficient (Wildman–Crippen LogP) is 6.72. The Labute approximate surface area is 232 Å². The Morgan fingerprint density at radius 1 is 0.892 bits per heavy atom. The third-order valence-electron chi connectivity index (χ3n) is 6.49. The lowest BCUT2D eigenvalue weighted by Crippen LogP contribution is -2.53. The summed E-state index contributed by atoms with van der Waals surface area (Å²) in [5, 5.41) is 4.57. The molecule has 1 N–H and O–H groups in total. The molecule has 0 bridgehead atoms. The first-order valence-corrected chi connectivity index (χ1v) is 13.5. The zero-order valence-electron chi connectivity index (χ0n) is 20.3. The van der Waals surface area contributed by atoms with Crippen molar-refractivity contribution in [3.05, 3.63) is 99.0 Å². The van der Waals surface area contributed by atoms with E-state index in [1.807, 2.05) is 36.4 Å². The number of hydrogen-bond acceptors (Lipinski definition) is 3. The number of hydrogen-bond donors (Lipinski definition) is 1. The molecule has 0 spiro atoms. The van der Waals surface area contributed by atoms with Gasteiger partial charge in [0.15, 0.2) is 6.61 Å². The van der Waals surface area contributed by atoms with E-state index < -0.39 is 6.04 Å². The van der Waals surface area contributed by atoms with Crippen molar-refractivity contribution in [3.8, 4) is 5.75 Å². The molecule has 0 aliphatic heterocycles. The first-order chi connectivity index (χ1) is 17.9. The van der Waals surface area contributed by atoms with E-state index in [0.717, 1.165) is 36.8 Å². The first kappa shape index (κ1) is 27.3. The van der Waals surface area contributed by atoms with Crippen molar-refractivity contribution in [2.75, 3.05) is 6.61 Å². The predicted molar refractivity (Wildman–Crippen MR) is 148 cm³/mol. The van der Waals surface area contributed by atoms with E-state index in [1.165, 1.54) is 0 Å². The van der Waals surface area contributed by atoms with Crippen LogP contribution in [0.5, 0.6) is 5.75 Å². The smallest absolute Gasteiger partial charge is 0.261 e. The topological polar surface area (TPSA) is 58.6 Å². The molecule has 3 aromatic rings. The molecule has 5 nitrogen and oxygen atoms in total. The molecule has 1 aliphatic rings. The third-order valence-corrected chi connectivity index (χ3v) is 7.48. The second kappa shape index (κ2) is 13.2. The van der Waals surface area contributed by atoms with Gasteiger partial charge in [-0.3, -0.25) is 9.59 Å². The quantitative estimate of drug-likeness (QED) is 0.300. The zero-order chi connectivity index (χ0) is 26.2. The van der Waals surface area contributed by atoms with Crippen LogP contribution in [0, 0.1) is 0 Å². The molecule has 0 saturated heterocycles. The average molecular weight is 560 g/mol. The standard InChI is InChI=1S/C29H29Cl3N2O3/c30-22-11-13-24(14-12-22)37-19-28(35)34(18-21-10-15-25(31)26(32)16-21)27(17-20-6-2-1-3-7-20)29(36)33-23-8-4-5-9-23/h1-3,6-7,10-16,23,27H,4-5,8-9,17-19H2,(H,33,36)/t27-/m0/s1. The Morgan fingerprint density at radius 2 is 1.59 bits per heavy atom. The molecule has 0 aromatic heterocycles. The van der Waals surface area contributed by atoms with Crippen molar-refractivity contribution < 1.29 is 14.3 Å². The van der Waals surface area contributed by atoms with Crippen LogP contribution in [-0.4, -0.2) is 35.4 Å². The summed E-state index contributed by atoms with van der Waals surface area (Å²) in [6.07, 6.45) is 4.45. The fraction of sp³-hybridized carbons (Fsp3) is 0.310. The second-order valence-corrected chi connectivity index (χ2v) is 10.5. The van der Waals surface area contributed by atoms with E-state index in [2.05, 4.69) is 5.32 Å². The van der Waals surface area contributed by atoms with E-state index in [1.54, 1.807) is 41.3 Å². The summed E-state index contributed by atoms with van der Waals surface area (Å²) in [7, 11) is 0. The van der Waals surface area contributed by atoms with Gasteiger partial charge in [0.05, 0.1) is 10.0 Å². The maximum atomic E-state index is 13.7. The number of nitrogens with zero attached hydrogens (tertiary/aromatic N) is 1. The maximum Gasteiger partial charge on any atom is 0.261 e. The summed E-state index contributed by atoms with van der Waals surface area (Å²) >= 11 is 18.4. The molecule has 37 heavy (non-hydrogen) atoms. The lowest BCUT2D eigenvalue weighted by atomic mass is 10.0. The Hall–Kier alpha value is -2.73.